The number of hydrogen-bond acceptors (Lipinski definition) is 8. The number of Topliss-reactive ketones (excluding diaryl/α,β-unsaturated/α-hetero) is 1. The van der Waals surface area contributed by atoms with Crippen molar-refractivity contribution in [1.29, 1.82) is 0 Å². The maximum absolute atomic E-state index is 12.8. The van der Waals surface area contributed by atoms with E-state index in [4.69, 9.17) is 23.7 Å². The maximum atomic E-state index is 12.8. The Morgan fingerprint density at radius 1 is 1.12 bits per heavy atom. The van der Waals surface area contributed by atoms with Crippen LogP contribution in [0.3, 0.4) is 0 Å². The summed E-state index contributed by atoms with van der Waals surface area (Å²) in [4.78, 5) is 36.8. The minimum absolute atomic E-state index is 0.0244. The lowest BCUT2D eigenvalue weighted by Gasteiger charge is -2.42. The van der Waals surface area contributed by atoms with Crippen molar-refractivity contribution in [3.8, 4) is 0 Å². The Labute approximate surface area is 255 Å². The quantitative estimate of drug-likeness (QED) is 0.248. The van der Waals surface area contributed by atoms with Crippen LogP contribution in [0.2, 0.25) is 0 Å². The lowest BCUT2D eigenvalue weighted by atomic mass is 9.68. The number of anilines is 1. The molecule has 2 aliphatic heterocycles. The first kappa shape index (κ1) is 33.1. The second-order valence-electron chi connectivity index (χ2n) is 13.4. The van der Waals surface area contributed by atoms with E-state index in [2.05, 4.69) is 37.5 Å². The van der Waals surface area contributed by atoms with E-state index >= 15 is 0 Å². The number of allylic oxidation sites excluding steroid dienone is 1. The molecule has 10 heteroatoms. The molecule has 1 unspecified atom stereocenters. The number of carbonyl (C=O) groups is 3. The summed E-state index contributed by atoms with van der Waals surface area (Å²) in [6, 6.07) is 7.35. The lowest BCUT2D eigenvalue weighted by Crippen LogP contribution is -2.56. The van der Waals surface area contributed by atoms with E-state index in [9.17, 15) is 14.4 Å². The van der Waals surface area contributed by atoms with E-state index in [1.54, 1.807) is 19.2 Å². The van der Waals surface area contributed by atoms with Crippen LogP contribution in [0.1, 0.15) is 66.4 Å². The van der Waals surface area contributed by atoms with Gasteiger partial charge in [0.15, 0.2) is 5.78 Å². The molecule has 2 saturated heterocycles. The van der Waals surface area contributed by atoms with Crippen LogP contribution in [0.15, 0.2) is 35.9 Å². The third-order valence-electron chi connectivity index (χ3n) is 8.72. The highest BCUT2D eigenvalue weighted by Crippen LogP contribution is 2.59. The highest BCUT2D eigenvalue weighted by molar-refractivity contribution is 5.92. The van der Waals surface area contributed by atoms with E-state index in [0.29, 0.717) is 31.7 Å². The summed E-state index contributed by atoms with van der Waals surface area (Å²) < 4.78 is 29.3. The first-order valence-electron chi connectivity index (χ1n) is 15.2. The number of hydrogen-bond donors (Lipinski definition) is 2. The van der Waals surface area contributed by atoms with Crippen molar-refractivity contribution in [2.45, 2.75) is 96.7 Å². The molecule has 2 N–H and O–H groups in total. The molecule has 0 aromatic heterocycles. The van der Waals surface area contributed by atoms with Gasteiger partial charge in [0.2, 0.25) is 5.91 Å². The number of epoxide rings is 2. The number of carbonyl (C=O) groups excluding carboxylic acids is 3. The normalized spacial score (nSPS) is 29.5. The minimum atomic E-state index is -0.503. The fourth-order valence-electron chi connectivity index (χ4n) is 5.96. The molecule has 4 rings (SSSR count). The van der Waals surface area contributed by atoms with Gasteiger partial charge in [0, 0.05) is 24.8 Å². The predicted molar refractivity (Wildman–Crippen MR) is 162 cm³/mol. The summed E-state index contributed by atoms with van der Waals surface area (Å²) in [6.07, 6.45) is 4.00. The van der Waals surface area contributed by atoms with Crippen molar-refractivity contribution in [3.05, 3.63) is 41.5 Å². The zero-order chi connectivity index (χ0) is 31.4. The summed E-state index contributed by atoms with van der Waals surface area (Å²) in [5, 5.41) is 5.62. The minimum Gasteiger partial charge on any atom is -0.443 e. The van der Waals surface area contributed by atoms with Crippen molar-refractivity contribution >= 4 is 23.5 Å². The average molecular weight is 601 g/mol. The number of nitrogens with one attached hydrogen (secondary N) is 2. The van der Waals surface area contributed by atoms with E-state index in [1.807, 2.05) is 32.9 Å². The van der Waals surface area contributed by atoms with E-state index < -0.39 is 17.6 Å². The Hall–Kier alpha value is -2.79. The van der Waals surface area contributed by atoms with Crippen molar-refractivity contribution in [2.24, 2.45) is 11.3 Å². The van der Waals surface area contributed by atoms with Gasteiger partial charge in [-0.15, -0.1) is 0 Å². The van der Waals surface area contributed by atoms with Crippen LogP contribution in [-0.4, -0.2) is 80.8 Å². The van der Waals surface area contributed by atoms with Gasteiger partial charge >= 0.3 is 6.09 Å². The molecule has 6 atom stereocenters. The summed E-state index contributed by atoms with van der Waals surface area (Å²) in [7, 11) is 1.66. The molecular weight excluding hydrogens is 552 g/mol. The van der Waals surface area contributed by atoms with Crippen LogP contribution in [0.4, 0.5) is 10.5 Å². The molecule has 238 valence electrons. The highest BCUT2D eigenvalue weighted by atomic mass is 16.6. The number of ketones is 1. The van der Waals surface area contributed by atoms with E-state index in [1.165, 1.54) is 5.57 Å². The summed E-state index contributed by atoms with van der Waals surface area (Å²) in [5.74, 6) is -0.414. The van der Waals surface area contributed by atoms with Gasteiger partial charge in [-0.05, 0) is 64.2 Å². The van der Waals surface area contributed by atoms with Crippen molar-refractivity contribution < 1.29 is 38.1 Å². The standard InChI is InChI=1S/C33H48N2O8/c1-21(2)8-13-26-32(6,43-26)29-28(39-7)24(14-16-33(29)20-41-33)42-30(38)34-17-15-22-9-11-23(12-10-22)35-27(37)19-40-18-25(36)31(3,4)5/h8-12,24,26,28-29H,13-20H2,1-7H3,(H,34,38)(H,35,37)/t24-,26-,28-,29-,32?,33+/m1/s1. The number of rotatable bonds is 13. The van der Waals surface area contributed by atoms with Crippen LogP contribution < -0.4 is 10.6 Å². The molecule has 43 heavy (non-hydrogen) atoms. The Balaban J connectivity index is 1.21. The first-order valence-corrected chi connectivity index (χ1v) is 15.2. The molecule has 1 saturated carbocycles. The van der Waals surface area contributed by atoms with Crippen LogP contribution >= 0.6 is 0 Å². The SMILES string of the molecule is CO[C@H]1[C@H](C2(C)O[C@@H]2CC=C(C)C)[C@]2(CC[C@H]1OC(=O)NCCc1ccc(NC(=O)COCC(=O)C(C)(C)C)cc1)CO2. The average Bonchev–Trinajstić information content (AvgIpc) is 3.85. The topological polar surface area (TPSA) is 128 Å². The maximum Gasteiger partial charge on any atom is 0.407 e. The van der Waals surface area contributed by atoms with Gasteiger partial charge in [0.05, 0.1) is 18.6 Å². The molecule has 0 radical (unpaired) electrons. The molecule has 1 spiro atoms. The van der Waals surface area contributed by atoms with E-state index in [-0.39, 0.29) is 54.2 Å². The van der Waals surface area contributed by atoms with Crippen LogP contribution in [0.25, 0.3) is 0 Å². The Bertz CT molecular complexity index is 1180. The monoisotopic (exact) mass is 600 g/mol. The van der Waals surface area contributed by atoms with Gasteiger partial charge in [-0.2, -0.15) is 0 Å². The fourth-order valence-corrected chi connectivity index (χ4v) is 5.96. The van der Waals surface area contributed by atoms with E-state index in [0.717, 1.165) is 18.4 Å². The number of ether oxygens (including phenoxy) is 5. The van der Waals surface area contributed by atoms with Gasteiger partial charge < -0.3 is 34.3 Å². The number of amides is 2. The molecule has 0 bridgehead atoms. The molecule has 1 aliphatic carbocycles. The third-order valence-corrected chi connectivity index (χ3v) is 8.72. The molecular formula is C33H48N2O8. The fraction of sp³-hybridized carbons (Fsp3) is 0.667. The highest BCUT2D eigenvalue weighted by Gasteiger charge is 2.72. The zero-order valence-electron chi connectivity index (χ0n) is 26.6. The first-order chi connectivity index (χ1) is 20.3. The second kappa shape index (κ2) is 13.5. The summed E-state index contributed by atoms with van der Waals surface area (Å²) in [5.41, 5.74) is 1.72. The molecule has 10 nitrogen and oxygen atoms in total. The van der Waals surface area contributed by atoms with Gasteiger partial charge in [-0.3, -0.25) is 9.59 Å². The van der Waals surface area contributed by atoms with Crippen LogP contribution in [0, 0.1) is 11.3 Å². The van der Waals surface area contributed by atoms with Gasteiger partial charge in [0.1, 0.15) is 36.6 Å². The van der Waals surface area contributed by atoms with Crippen molar-refractivity contribution in [1.82, 2.24) is 5.32 Å². The third kappa shape index (κ3) is 8.44. The Kier molecular flexibility index (Phi) is 10.4. The summed E-state index contributed by atoms with van der Waals surface area (Å²) >= 11 is 0. The molecule has 1 aromatic rings. The predicted octanol–water partition coefficient (Wildman–Crippen LogP) is 4.60. The van der Waals surface area contributed by atoms with Crippen LogP contribution in [0.5, 0.6) is 0 Å². The van der Waals surface area contributed by atoms with Crippen molar-refractivity contribution in [3.63, 3.8) is 0 Å². The van der Waals surface area contributed by atoms with Gasteiger partial charge in [0.25, 0.3) is 0 Å². The second-order valence-corrected chi connectivity index (χ2v) is 13.4. The molecule has 3 fully saturated rings. The molecule has 1 aromatic carbocycles. The Morgan fingerprint density at radius 3 is 2.42 bits per heavy atom. The largest absolute Gasteiger partial charge is 0.443 e. The smallest absolute Gasteiger partial charge is 0.407 e. The molecule has 3 aliphatic rings. The van der Waals surface area contributed by atoms with Gasteiger partial charge in [-0.1, -0.05) is 44.6 Å². The van der Waals surface area contributed by atoms with Crippen molar-refractivity contribution in [2.75, 3.05) is 38.8 Å². The Morgan fingerprint density at radius 2 is 1.81 bits per heavy atom. The number of alkyl carbamates (subject to hydrolysis) is 1. The number of benzene rings is 1. The zero-order valence-corrected chi connectivity index (χ0v) is 26.6. The number of methoxy groups -OCH3 is 1. The molecule has 2 heterocycles. The van der Waals surface area contributed by atoms with Crippen LogP contribution in [-0.2, 0) is 39.7 Å². The van der Waals surface area contributed by atoms with Gasteiger partial charge in [-0.25, -0.2) is 4.79 Å². The summed E-state index contributed by atoms with van der Waals surface area (Å²) in [6.45, 7) is 12.5. The lowest BCUT2D eigenvalue weighted by molar-refractivity contribution is -0.133. The molecule has 2 amide bonds.